The standard InChI is InChI=1S/C14H12Cl2OS2/c15-10-5-6-11(16)14(9-10)19-7-1-3-12(17)13-4-2-8-18-13/h2,4-6,8-9H,1,3,7H2. The van der Waals surface area contributed by atoms with Gasteiger partial charge in [-0.25, -0.2) is 0 Å². The van der Waals surface area contributed by atoms with Gasteiger partial charge < -0.3 is 0 Å². The molecule has 0 spiro atoms. The number of Topliss-reactive ketones (excluding diaryl/α,β-unsaturated/α-hetero) is 1. The number of hydrogen-bond acceptors (Lipinski definition) is 3. The lowest BCUT2D eigenvalue weighted by Gasteiger charge is -2.04. The third-order valence-corrected chi connectivity index (χ3v) is 5.22. The van der Waals surface area contributed by atoms with Crippen LogP contribution in [-0.4, -0.2) is 11.5 Å². The van der Waals surface area contributed by atoms with Crippen molar-refractivity contribution in [2.24, 2.45) is 0 Å². The number of benzene rings is 1. The van der Waals surface area contributed by atoms with Crippen LogP contribution in [0.25, 0.3) is 0 Å². The zero-order chi connectivity index (χ0) is 13.7. The Balaban J connectivity index is 1.78. The molecule has 0 atom stereocenters. The highest BCUT2D eigenvalue weighted by atomic mass is 35.5. The van der Waals surface area contributed by atoms with Gasteiger partial charge in [0.25, 0.3) is 0 Å². The second-order valence-corrected chi connectivity index (χ2v) is 6.86. The molecule has 0 fully saturated rings. The molecular weight excluding hydrogens is 319 g/mol. The van der Waals surface area contributed by atoms with Gasteiger partial charge in [0.15, 0.2) is 5.78 Å². The minimum atomic E-state index is 0.216. The summed E-state index contributed by atoms with van der Waals surface area (Å²) in [6, 6.07) is 9.19. The molecule has 1 aromatic heterocycles. The molecule has 100 valence electrons. The summed E-state index contributed by atoms with van der Waals surface area (Å²) >= 11 is 15.1. The van der Waals surface area contributed by atoms with Crippen molar-refractivity contribution in [3.63, 3.8) is 0 Å². The fourth-order valence-electron chi connectivity index (χ4n) is 1.56. The molecule has 0 aliphatic rings. The van der Waals surface area contributed by atoms with Crippen LogP contribution in [0.2, 0.25) is 10.0 Å². The average Bonchev–Trinajstić information content (AvgIpc) is 2.92. The number of thioether (sulfide) groups is 1. The molecule has 0 N–H and O–H groups in total. The van der Waals surface area contributed by atoms with Crippen molar-refractivity contribution >= 4 is 52.1 Å². The Morgan fingerprint density at radius 3 is 2.84 bits per heavy atom. The van der Waals surface area contributed by atoms with Crippen molar-refractivity contribution in [1.82, 2.24) is 0 Å². The van der Waals surface area contributed by atoms with Gasteiger partial charge in [-0.1, -0.05) is 29.3 Å². The van der Waals surface area contributed by atoms with Gasteiger partial charge in [0.2, 0.25) is 0 Å². The molecule has 0 aliphatic heterocycles. The minimum Gasteiger partial charge on any atom is -0.293 e. The molecule has 0 unspecified atom stereocenters. The highest BCUT2D eigenvalue weighted by Gasteiger charge is 2.07. The van der Waals surface area contributed by atoms with Crippen LogP contribution < -0.4 is 0 Å². The number of carbonyl (C=O) groups excluding carboxylic acids is 1. The molecular formula is C14H12Cl2OS2. The maximum absolute atomic E-state index is 11.8. The first kappa shape index (κ1) is 14.9. The number of thiophene rings is 1. The van der Waals surface area contributed by atoms with E-state index in [4.69, 9.17) is 23.2 Å². The van der Waals surface area contributed by atoms with Crippen molar-refractivity contribution in [2.75, 3.05) is 5.75 Å². The molecule has 1 aromatic carbocycles. The highest BCUT2D eigenvalue weighted by Crippen LogP contribution is 2.30. The zero-order valence-corrected chi connectivity index (χ0v) is 13.2. The summed E-state index contributed by atoms with van der Waals surface area (Å²) in [6.07, 6.45) is 1.41. The van der Waals surface area contributed by atoms with E-state index in [2.05, 4.69) is 0 Å². The fourth-order valence-corrected chi connectivity index (χ4v) is 3.70. The topological polar surface area (TPSA) is 17.1 Å². The SMILES string of the molecule is O=C(CCCSc1cc(Cl)ccc1Cl)c1cccs1. The summed E-state index contributed by atoms with van der Waals surface area (Å²) < 4.78 is 0. The van der Waals surface area contributed by atoms with Gasteiger partial charge in [-0.15, -0.1) is 23.1 Å². The van der Waals surface area contributed by atoms with Crippen molar-refractivity contribution in [3.05, 3.63) is 50.6 Å². The quantitative estimate of drug-likeness (QED) is 0.377. The second kappa shape index (κ2) is 7.34. The van der Waals surface area contributed by atoms with Crippen LogP contribution in [0.1, 0.15) is 22.5 Å². The van der Waals surface area contributed by atoms with E-state index < -0.39 is 0 Å². The molecule has 2 aromatic rings. The molecule has 2 rings (SSSR count). The molecule has 0 radical (unpaired) electrons. The molecule has 1 heterocycles. The maximum atomic E-state index is 11.8. The fraction of sp³-hybridized carbons (Fsp3) is 0.214. The van der Waals surface area contributed by atoms with Crippen molar-refractivity contribution < 1.29 is 4.79 Å². The summed E-state index contributed by atoms with van der Waals surface area (Å²) in [4.78, 5) is 13.6. The summed E-state index contributed by atoms with van der Waals surface area (Å²) in [5.74, 6) is 1.07. The molecule has 0 amide bonds. The van der Waals surface area contributed by atoms with E-state index in [0.717, 1.165) is 21.9 Å². The van der Waals surface area contributed by atoms with E-state index in [1.54, 1.807) is 23.9 Å². The van der Waals surface area contributed by atoms with Crippen LogP contribution in [-0.2, 0) is 0 Å². The average molecular weight is 331 g/mol. The number of hydrogen-bond donors (Lipinski definition) is 0. The van der Waals surface area contributed by atoms with Gasteiger partial charge in [-0.3, -0.25) is 4.79 Å². The first-order valence-electron chi connectivity index (χ1n) is 5.81. The predicted molar refractivity (Wildman–Crippen MR) is 85.1 cm³/mol. The largest absolute Gasteiger partial charge is 0.293 e. The Labute approximate surface area is 130 Å². The third-order valence-electron chi connectivity index (χ3n) is 2.49. The van der Waals surface area contributed by atoms with Crippen LogP contribution in [0.4, 0.5) is 0 Å². The van der Waals surface area contributed by atoms with Crippen molar-refractivity contribution in [3.8, 4) is 0 Å². The van der Waals surface area contributed by atoms with E-state index in [1.807, 2.05) is 23.6 Å². The van der Waals surface area contributed by atoms with Gasteiger partial charge >= 0.3 is 0 Å². The van der Waals surface area contributed by atoms with Gasteiger partial charge in [0, 0.05) is 16.3 Å². The maximum Gasteiger partial charge on any atom is 0.172 e. The molecule has 19 heavy (non-hydrogen) atoms. The third kappa shape index (κ3) is 4.53. The van der Waals surface area contributed by atoms with E-state index in [-0.39, 0.29) is 5.78 Å². The molecule has 0 saturated heterocycles. The first-order chi connectivity index (χ1) is 9.16. The Morgan fingerprint density at radius 2 is 2.11 bits per heavy atom. The van der Waals surface area contributed by atoms with Crippen LogP contribution in [0, 0.1) is 0 Å². The number of rotatable bonds is 6. The normalized spacial score (nSPS) is 10.6. The Morgan fingerprint density at radius 1 is 1.26 bits per heavy atom. The lowest BCUT2D eigenvalue weighted by molar-refractivity contribution is 0.0986. The molecule has 0 saturated carbocycles. The molecule has 0 bridgehead atoms. The van der Waals surface area contributed by atoms with E-state index in [9.17, 15) is 4.79 Å². The molecule has 1 nitrogen and oxygen atoms in total. The molecule has 0 aliphatic carbocycles. The lowest BCUT2D eigenvalue weighted by Crippen LogP contribution is -1.96. The Bertz CT molecular complexity index is 553. The number of carbonyl (C=O) groups is 1. The monoisotopic (exact) mass is 330 g/mol. The number of halogens is 2. The van der Waals surface area contributed by atoms with Gasteiger partial charge in [-0.2, -0.15) is 0 Å². The first-order valence-corrected chi connectivity index (χ1v) is 8.43. The summed E-state index contributed by atoms with van der Waals surface area (Å²) in [6.45, 7) is 0. The van der Waals surface area contributed by atoms with Crippen LogP contribution >= 0.6 is 46.3 Å². The zero-order valence-electron chi connectivity index (χ0n) is 10.1. The lowest BCUT2D eigenvalue weighted by atomic mass is 10.2. The minimum absolute atomic E-state index is 0.216. The van der Waals surface area contributed by atoms with E-state index in [0.29, 0.717) is 16.5 Å². The summed E-state index contributed by atoms with van der Waals surface area (Å²) in [7, 11) is 0. The van der Waals surface area contributed by atoms with Crippen LogP contribution in [0.15, 0.2) is 40.6 Å². The smallest absolute Gasteiger partial charge is 0.172 e. The summed E-state index contributed by atoms with van der Waals surface area (Å²) in [5.41, 5.74) is 0. The van der Waals surface area contributed by atoms with E-state index in [1.165, 1.54) is 11.3 Å². The Kier molecular flexibility index (Phi) is 5.76. The van der Waals surface area contributed by atoms with E-state index >= 15 is 0 Å². The molecule has 5 heteroatoms. The van der Waals surface area contributed by atoms with Crippen LogP contribution in [0.3, 0.4) is 0 Å². The summed E-state index contributed by atoms with van der Waals surface area (Å²) in [5, 5.41) is 3.31. The highest BCUT2D eigenvalue weighted by molar-refractivity contribution is 7.99. The predicted octanol–water partition coefficient (Wildman–Crippen LogP) is 5.81. The van der Waals surface area contributed by atoms with Gasteiger partial charge in [0.05, 0.1) is 9.90 Å². The van der Waals surface area contributed by atoms with Gasteiger partial charge in [-0.05, 0) is 41.8 Å². The number of ketones is 1. The van der Waals surface area contributed by atoms with Crippen molar-refractivity contribution in [2.45, 2.75) is 17.7 Å². The van der Waals surface area contributed by atoms with Crippen molar-refractivity contribution in [1.29, 1.82) is 0 Å². The second-order valence-electron chi connectivity index (χ2n) is 3.93. The Hall–Kier alpha value is -0.480. The van der Waals surface area contributed by atoms with Gasteiger partial charge in [0.1, 0.15) is 0 Å². The van der Waals surface area contributed by atoms with Crippen LogP contribution in [0.5, 0.6) is 0 Å².